The fourth-order valence-corrected chi connectivity index (χ4v) is 1.67. The molecular formula is C13H7F6NO. The molecule has 8 heteroatoms. The van der Waals surface area contributed by atoms with E-state index in [9.17, 15) is 26.3 Å². The first kappa shape index (κ1) is 15.1. The SMILES string of the molecule is Fc1cnc(OC(F)F)c(-c2cccc(C(F)(F)F)c2)c1. The van der Waals surface area contributed by atoms with Gasteiger partial charge in [0.1, 0.15) is 5.82 Å². The number of alkyl halides is 5. The highest BCUT2D eigenvalue weighted by Gasteiger charge is 2.30. The van der Waals surface area contributed by atoms with Crippen molar-refractivity contribution < 1.29 is 31.1 Å². The minimum absolute atomic E-state index is 0.132. The molecule has 0 aliphatic rings. The van der Waals surface area contributed by atoms with E-state index in [1.54, 1.807) is 0 Å². The molecule has 112 valence electrons. The van der Waals surface area contributed by atoms with Crippen LogP contribution in [0.3, 0.4) is 0 Å². The summed E-state index contributed by atoms with van der Waals surface area (Å²) in [6.07, 6.45) is -3.98. The van der Waals surface area contributed by atoms with Gasteiger partial charge in [-0.3, -0.25) is 0 Å². The van der Waals surface area contributed by atoms with Crippen molar-refractivity contribution in [3.8, 4) is 17.0 Å². The summed E-state index contributed by atoms with van der Waals surface area (Å²) < 4.78 is 79.7. The third-order valence-corrected chi connectivity index (χ3v) is 2.52. The van der Waals surface area contributed by atoms with Crippen LogP contribution in [-0.4, -0.2) is 11.6 Å². The molecule has 0 bridgehead atoms. The van der Waals surface area contributed by atoms with Gasteiger partial charge in [-0.05, 0) is 23.8 Å². The Morgan fingerprint density at radius 3 is 2.43 bits per heavy atom. The molecule has 0 saturated carbocycles. The molecule has 0 saturated heterocycles. The number of ether oxygens (including phenoxy) is 1. The Bertz CT molecular complexity index is 641. The summed E-state index contributed by atoms with van der Waals surface area (Å²) in [6, 6.07) is 4.58. The molecule has 2 aromatic rings. The van der Waals surface area contributed by atoms with E-state index in [0.717, 1.165) is 18.2 Å². The summed E-state index contributed by atoms with van der Waals surface area (Å²) in [7, 11) is 0. The summed E-state index contributed by atoms with van der Waals surface area (Å²) in [5.41, 5.74) is -1.42. The van der Waals surface area contributed by atoms with Gasteiger partial charge in [0.05, 0.1) is 11.8 Å². The molecule has 0 spiro atoms. The molecule has 0 N–H and O–H groups in total. The molecule has 0 radical (unpaired) electrons. The lowest BCUT2D eigenvalue weighted by molar-refractivity contribution is -0.137. The minimum atomic E-state index is -4.61. The van der Waals surface area contributed by atoms with Crippen LogP contribution in [0.2, 0.25) is 0 Å². The van der Waals surface area contributed by atoms with Crippen LogP contribution in [0.4, 0.5) is 26.3 Å². The van der Waals surface area contributed by atoms with Gasteiger partial charge in [0.25, 0.3) is 0 Å². The molecule has 0 atom stereocenters. The van der Waals surface area contributed by atoms with E-state index in [4.69, 9.17) is 0 Å². The van der Waals surface area contributed by atoms with E-state index in [1.165, 1.54) is 6.07 Å². The quantitative estimate of drug-likeness (QED) is 0.778. The Hall–Kier alpha value is -2.25. The second-order valence-corrected chi connectivity index (χ2v) is 3.96. The van der Waals surface area contributed by atoms with E-state index >= 15 is 0 Å². The Balaban J connectivity index is 2.53. The van der Waals surface area contributed by atoms with E-state index in [0.29, 0.717) is 12.3 Å². The van der Waals surface area contributed by atoms with Crippen LogP contribution in [0.15, 0.2) is 36.5 Å². The lowest BCUT2D eigenvalue weighted by atomic mass is 10.0. The highest BCUT2D eigenvalue weighted by molar-refractivity contribution is 5.69. The largest absolute Gasteiger partial charge is 0.416 e. The molecule has 0 fully saturated rings. The van der Waals surface area contributed by atoms with Crippen molar-refractivity contribution >= 4 is 0 Å². The zero-order valence-electron chi connectivity index (χ0n) is 10.2. The van der Waals surface area contributed by atoms with Crippen LogP contribution < -0.4 is 4.74 Å². The number of hydrogen-bond donors (Lipinski definition) is 0. The van der Waals surface area contributed by atoms with Crippen molar-refractivity contribution in [1.29, 1.82) is 0 Å². The van der Waals surface area contributed by atoms with Gasteiger partial charge >= 0.3 is 12.8 Å². The van der Waals surface area contributed by atoms with Gasteiger partial charge in [0.2, 0.25) is 5.88 Å². The van der Waals surface area contributed by atoms with Crippen LogP contribution in [-0.2, 0) is 6.18 Å². The van der Waals surface area contributed by atoms with E-state index < -0.39 is 30.0 Å². The topological polar surface area (TPSA) is 22.1 Å². The maximum atomic E-state index is 13.2. The Morgan fingerprint density at radius 2 is 1.81 bits per heavy atom. The first-order valence-corrected chi connectivity index (χ1v) is 5.55. The van der Waals surface area contributed by atoms with Gasteiger partial charge in [-0.1, -0.05) is 12.1 Å². The molecule has 0 aliphatic heterocycles. The fourth-order valence-electron chi connectivity index (χ4n) is 1.67. The first-order chi connectivity index (χ1) is 9.77. The second kappa shape index (κ2) is 5.63. The van der Waals surface area contributed by atoms with E-state index in [2.05, 4.69) is 9.72 Å². The van der Waals surface area contributed by atoms with Crippen LogP contribution in [0.1, 0.15) is 5.56 Å². The van der Waals surface area contributed by atoms with Crippen molar-refractivity contribution in [2.75, 3.05) is 0 Å². The number of halogens is 6. The summed E-state index contributed by atoms with van der Waals surface area (Å²) in [5.74, 6) is -1.53. The molecule has 2 rings (SSSR count). The maximum Gasteiger partial charge on any atom is 0.416 e. The zero-order chi connectivity index (χ0) is 15.6. The van der Waals surface area contributed by atoms with Crippen molar-refractivity contribution in [3.63, 3.8) is 0 Å². The van der Waals surface area contributed by atoms with Crippen LogP contribution in [0.5, 0.6) is 5.88 Å². The van der Waals surface area contributed by atoms with Crippen LogP contribution >= 0.6 is 0 Å². The Morgan fingerprint density at radius 1 is 1.10 bits per heavy atom. The van der Waals surface area contributed by atoms with Crippen LogP contribution in [0, 0.1) is 5.82 Å². The Labute approximate surface area is 115 Å². The molecule has 0 unspecified atom stereocenters. The van der Waals surface area contributed by atoms with Gasteiger partial charge < -0.3 is 4.74 Å². The molecule has 2 nitrogen and oxygen atoms in total. The number of pyridine rings is 1. The molecule has 0 amide bonds. The lowest BCUT2D eigenvalue weighted by Crippen LogP contribution is -2.07. The van der Waals surface area contributed by atoms with E-state index in [-0.39, 0.29) is 11.1 Å². The highest BCUT2D eigenvalue weighted by Crippen LogP contribution is 2.35. The smallest absolute Gasteiger partial charge is 0.416 e. The average molecular weight is 307 g/mol. The third kappa shape index (κ3) is 3.65. The van der Waals surface area contributed by atoms with Crippen molar-refractivity contribution in [1.82, 2.24) is 4.98 Å². The summed E-state index contributed by atoms with van der Waals surface area (Å²) in [5, 5.41) is 0. The minimum Gasteiger partial charge on any atom is -0.416 e. The van der Waals surface area contributed by atoms with Crippen molar-refractivity contribution in [2.24, 2.45) is 0 Å². The maximum absolute atomic E-state index is 13.2. The molecule has 1 aromatic heterocycles. The second-order valence-electron chi connectivity index (χ2n) is 3.96. The first-order valence-electron chi connectivity index (χ1n) is 5.55. The monoisotopic (exact) mass is 307 g/mol. The number of hydrogen-bond acceptors (Lipinski definition) is 2. The molecule has 0 aliphatic carbocycles. The average Bonchev–Trinajstić information content (AvgIpc) is 2.39. The number of aromatic nitrogens is 1. The lowest BCUT2D eigenvalue weighted by Gasteiger charge is -2.12. The van der Waals surface area contributed by atoms with Gasteiger partial charge in [-0.25, -0.2) is 9.37 Å². The van der Waals surface area contributed by atoms with Gasteiger partial charge in [0.15, 0.2) is 0 Å². The normalized spacial score (nSPS) is 11.8. The molecule has 1 heterocycles. The van der Waals surface area contributed by atoms with Gasteiger partial charge in [0, 0.05) is 5.56 Å². The molecule has 1 aromatic carbocycles. The standard InChI is InChI=1S/C13H7F6NO/c14-9-5-10(11(20-6-9)21-12(15)16)7-2-1-3-8(4-7)13(17,18)19/h1-6,12H. The van der Waals surface area contributed by atoms with Crippen LogP contribution in [0.25, 0.3) is 11.1 Å². The summed E-state index contributed by atoms with van der Waals surface area (Å²) in [6.45, 7) is -3.23. The van der Waals surface area contributed by atoms with Gasteiger partial charge in [-0.15, -0.1) is 0 Å². The third-order valence-electron chi connectivity index (χ3n) is 2.52. The summed E-state index contributed by atoms with van der Waals surface area (Å²) >= 11 is 0. The predicted molar refractivity (Wildman–Crippen MR) is 61.3 cm³/mol. The number of nitrogens with zero attached hydrogens (tertiary/aromatic N) is 1. The fraction of sp³-hybridized carbons (Fsp3) is 0.154. The zero-order valence-corrected chi connectivity index (χ0v) is 10.2. The predicted octanol–water partition coefficient (Wildman–Crippen LogP) is 4.51. The van der Waals surface area contributed by atoms with Crippen molar-refractivity contribution in [2.45, 2.75) is 12.8 Å². The highest BCUT2D eigenvalue weighted by atomic mass is 19.4. The van der Waals surface area contributed by atoms with E-state index in [1.807, 2.05) is 0 Å². The number of benzene rings is 1. The molecule has 21 heavy (non-hydrogen) atoms. The van der Waals surface area contributed by atoms with Crippen molar-refractivity contribution in [3.05, 3.63) is 47.9 Å². The number of rotatable bonds is 3. The molecular weight excluding hydrogens is 300 g/mol. The Kier molecular flexibility index (Phi) is 4.06. The van der Waals surface area contributed by atoms with Gasteiger partial charge in [-0.2, -0.15) is 22.0 Å². The summed E-state index contributed by atoms with van der Waals surface area (Å²) in [4.78, 5) is 3.33.